The van der Waals surface area contributed by atoms with Gasteiger partial charge in [0.15, 0.2) is 5.82 Å². The highest BCUT2D eigenvalue weighted by Crippen LogP contribution is 2.30. The standard InChI is InChI=1S/C23H16F3N5O/c24-23(25,26)16-4-2-5-18(13-16)29-22(32)28-17-11-8-14(9-12-17)7-10-15-3-1-6-19-20(15)21(27)31-30-19/h1-6,8-9,11-13H,(H3,27,30,31)(H2,28,29,32). The Hall–Kier alpha value is -4.45. The molecule has 0 aliphatic heterocycles. The number of aromatic amines is 1. The van der Waals surface area contributed by atoms with Crippen LogP contribution in [0.25, 0.3) is 10.9 Å². The van der Waals surface area contributed by atoms with Gasteiger partial charge in [-0.2, -0.15) is 18.3 Å². The van der Waals surface area contributed by atoms with Gasteiger partial charge >= 0.3 is 12.2 Å². The molecular weight excluding hydrogens is 419 g/mol. The highest BCUT2D eigenvalue weighted by molar-refractivity contribution is 5.99. The first kappa shape index (κ1) is 20.8. The van der Waals surface area contributed by atoms with Gasteiger partial charge in [-0.3, -0.25) is 5.10 Å². The molecule has 1 aromatic heterocycles. The largest absolute Gasteiger partial charge is 0.416 e. The number of nitrogens with one attached hydrogen (secondary N) is 3. The van der Waals surface area contributed by atoms with Crippen molar-refractivity contribution in [2.75, 3.05) is 16.4 Å². The number of carbonyl (C=O) groups is 1. The third-order valence-corrected chi connectivity index (χ3v) is 4.55. The van der Waals surface area contributed by atoms with E-state index >= 15 is 0 Å². The molecule has 0 fully saturated rings. The van der Waals surface area contributed by atoms with Crippen LogP contribution < -0.4 is 16.4 Å². The molecule has 2 amide bonds. The first-order valence-electron chi connectivity index (χ1n) is 9.39. The fraction of sp³-hybridized carbons (Fsp3) is 0.0435. The summed E-state index contributed by atoms with van der Waals surface area (Å²) in [5.41, 5.74) is 7.76. The van der Waals surface area contributed by atoms with Crippen LogP contribution in [0.4, 0.5) is 35.2 Å². The van der Waals surface area contributed by atoms with Crippen molar-refractivity contribution in [3.8, 4) is 11.8 Å². The van der Waals surface area contributed by atoms with Crippen molar-refractivity contribution in [2.45, 2.75) is 6.18 Å². The molecule has 5 N–H and O–H groups in total. The first-order valence-corrected chi connectivity index (χ1v) is 9.39. The van der Waals surface area contributed by atoms with Gasteiger partial charge in [-0.15, -0.1) is 0 Å². The van der Waals surface area contributed by atoms with E-state index in [1.54, 1.807) is 24.3 Å². The molecule has 160 valence electrons. The number of nitrogen functional groups attached to an aromatic ring is 1. The minimum absolute atomic E-state index is 0.0347. The van der Waals surface area contributed by atoms with Crippen molar-refractivity contribution < 1.29 is 18.0 Å². The number of hydrogen-bond acceptors (Lipinski definition) is 3. The lowest BCUT2D eigenvalue weighted by Gasteiger charge is -2.10. The quantitative estimate of drug-likeness (QED) is 0.326. The number of nitrogens with two attached hydrogens (primary N) is 1. The number of amides is 2. The second-order valence-corrected chi connectivity index (χ2v) is 6.82. The number of fused-ring (bicyclic) bond motifs is 1. The average Bonchev–Trinajstić information content (AvgIpc) is 3.14. The van der Waals surface area contributed by atoms with E-state index < -0.39 is 17.8 Å². The predicted molar refractivity (Wildman–Crippen MR) is 117 cm³/mol. The topological polar surface area (TPSA) is 95.8 Å². The normalized spacial score (nSPS) is 11.0. The molecule has 0 spiro atoms. The van der Waals surface area contributed by atoms with E-state index in [0.29, 0.717) is 17.1 Å². The summed E-state index contributed by atoms with van der Waals surface area (Å²) in [6, 6.07) is 16.0. The number of urea groups is 1. The van der Waals surface area contributed by atoms with Gasteiger partial charge in [-0.1, -0.05) is 24.0 Å². The number of H-pyrrole nitrogens is 1. The third kappa shape index (κ3) is 4.65. The van der Waals surface area contributed by atoms with Crippen LogP contribution in [0.1, 0.15) is 16.7 Å². The van der Waals surface area contributed by atoms with Gasteiger partial charge in [0.2, 0.25) is 0 Å². The molecule has 4 rings (SSSR count). The molecule has 0 aliphatic carbocycles. The Kier molecular flexibility index (Phi) is 5.43. The lowest BCUT2D eigenvalue weighted by molar-refractivity contribution is -0.137. The average molecular weight is 435 g/mol. The maximum Gasteiger partial charge on any atom is 0.416 e. The van der Waals surface area contributed by atoms with Crippen molar-refractivity contribution in [2.24, 2.45) is 0 Å². The zero-order chi connectivity index (χ0) is 22.7. The zero-order valence-electron chi connectivity index (χ0n) is 16.4. The molecule has 32 heavy (non-hydrogen) atoms. The summed E-state index contributed by atoms with van der Waals surface area (Å²) in [6.07, 6.45) is -4.49. The molecule has 0 bridgehead atoms. The van der Waals surface area contributed by atoms with E-state index in [0.717, 1.165) is 28.6 Å². The molecule has 0 radical (unpaired) electrons. The Morgan fingerprint density at radius 3 is 2.41 bits per heavy atom. The summed E-state index contributed by atoms with van der Waals surface area (Å²) in [5.74, 6) is 6.46. The van der Waals surface area contributed by atoms with Gasteiger partial charge in [0, 0.05) is 22.5 Å². The minimum Gasteiger partial charge on any atom is -0.382 e. The molecular formula is C23H16F3N5O. The van der Waals surface area contributed by atoms with Crippen molar-refractivity contribution in [1.82, 2.24) is 10.2 Å². The van der Waals surface area contributed by atoms with E-state index in [9.17, 15) is 18.0 Å². The van der Waals surface area contributed by atoms with Crippen LogP contribution in [0, 0.1) is 11.8 Å². The summed E-state index contributed by atoms with van der Waals surface area (Å²) in [5, 5.41) is 12.5. The van der Waals surface area contributed by atoms with Gasteiger partial charge in [-0.05, 0) is 54.6 Å². The van der Waals surface area contributed by atoms with Crippen LogP contribution in [0.15, 0.2) is 66.7 Å². The molecule has 9 heteroatoms. The van der Waals surface area contributed by atoms with Crippen LogP contribution in [-0.2, 0) is 6.18 Å². The fourth-order valence-electron chi connectivity index (χ4n) is 3.05. The summed E-state index contributed by atoms with van der Waals surface area (Å²) in [7, 11) is 0. The number of nitrogens with zero attached hydrogens (tertiary/aromatic N) is 1. The highest BCUT2D eigenvalue weighted by Gasteiger charge is 2.30. The first-order chi connectivity index (χ1) is 15.3. The van der Waals surface area contributed by atoms with E-state index in [1.165, 1.54) is 12.1 Å². The third-order valence-electron chi connectivity index (χ3n) is 4.55. The molecule has 0 saturated heterocycles. The minimum atomic E-state index is -4.49. The maximum atomic E-state index is 12.8. The number of rotatable bonds is 2. The van der Waals surface area contributed by atoms with E-state index in [-0.39, 0.29) is 5.69 Å². The molecule has 0 atom stereocenters. The lowest BCUT2D eigenvalue weighted by atomic mass is 10.1. The molecule has 0 unspecified atom stereocenters. The van der Waals surface area contributed by atoms with Crippen LogP contribution in [-0.4, -0.2) is 16.2 Å². The molecule has 1 heterocycles. The van der Waals surface area contributed by atoms with Crippen molar-refractivity contribution in [1.29, 1.82) is 0 Å². The number of halogens is 3. The second kappa shape index (κ2) is 8.35. The summed E-state index contributed by atoms with van der Waals surface area (Å²) >= 11 is 0. The van der Waals surface area contributed by atoms with Crippen LogP contribution in [0.5, 0.6) is 0 Å². The van der Waals surface area contributed by atoms with Crippen molar-refractivity contribution >= 4 is 34.1 Å². The Morgan fingerprint density at radius 2 is 1.66 bits per heavy atom. The van der Waals surface area contributed by atoms with Gasteiger partial charge in [0.05, 0.1) is 16.5 Å². The molecule has 0 aliphatic rings. The number of hydrogen-bond donors (Lipinski definition) is 4. The summed E-state index contributed by atoms with van der Waals surface area (Å²) in [6.45, 7) is 0. The van der Waals surface area contributed by atoms with E-state index in [4.69, 9.17) is 5.73 Å². The van der Waals surface area contributed by atoms with Gasteiger partial charge in [0.1, 0.15) is 0 Å². The number of benzene rings is 3. The predicted octanol–water partition coefficient (Wildman–Crippen LogP) is 5.21. The summed E-state index contributed by atoms with van der Waals surface area (Å²) in [4.78, 5) is 12.1. The van der Waals surface area contributed by atoms with E-state index in [2.05, 4.69) is 32.7 Å². The fourth-order valence-corrected chi connectivity index (χ4v) is 3.05. The number of alkyl halides is 3. The number of anilines is 3. The molecule has 3 aromatic carbocycles. The van der Waals surface area contributed by atoms with Gasteiger partial charge < -0.3 is 16.4 Å². The second-order valence-electron chi connectivity index (χ2n) is 6.82. The maximum absolute atomic E-state index is 12.8. The lowest BCUT2D eigenvalue weighted by Crippen LogP contribution is -2.19. The Morgan fingerprint density at radius 1 is 0.938 bits per heavy atom. The van der Waals surface area contributed by atoms with Crippen LogP contribution in [0.3, 0.4) is 0 Å². The van der Waals surface area contributed by atoms with E-state index in [1.807, 2.05) is 18.2 Å². The zero-order valence-corrected chi connectivity index (χ0v) is 16.4. The summed E-state index contributed by atoms with van der Waals surface area (Å²) < 4.78 is 38.4. The highest BCUT2D eigenvalue weighted by atomic mass is 19.4. The van der Waals surface area contributed by atoms with Gasteiger partial charge in [0.25, 0.3) is 0 Å². The molecule has 4 aromatic rings. The molecule has 6 nitrogen and oxygen atoms in total. The number of carbonyl (C=O) groups excluding carboxylic acids is 1. The van der Waals surface area contributed by atoms with Gasteiger partial charge in [-0.25, -0.2) is 4.79 Å². The smallest absolute Gasteiger partial charge is 0.382 e. The SMILES string of the molecule is Nc1n[nH]c2cccc(C#Cc3ccc(NC(=O)Nc4cccc(C(F)(F)F)c4)cc3)c12. The Balaban J connectivity index is 1.43. The van der Waals surface area contributed by atoms with Crippen LogP contribution >= 0.6 is 0 Å². The Labute approximate surface area is 180 Å². The van der Waals surface area contributed by atoms with Crippen molar-refractivity contribution in [3.05, 3.63) is 83.4 Å². The Bertz CT molecular complexity index is 1350. The molecule has 0 saturated carbocycles. The van der Waals surface area contributed by atoms with Crippen LogP contribution in [0.2, 0.25) is 0 Å². The monoisotopic (exact) mass is 435 g/mol. The number of aromatic nitrogens is 2. The van der Waals surface area contributed by atoms with Crippen molar-refractivity contribution in [3.63, 3.8) is 0 Å².